The Hall–Kier alpha value is -1.85. The maximum atomic E-state index is 11.0. The Bertz CT molecular complexity index is 592. The molecule has 1 atom stereocenters. The molecule has 1 heterocycles. The molecule has 2 rings (SSSR count). The van der Waals surface area contributed by atoms with Crippen molar-refractivity contribution in [2.45, 2.75) is 13.0 Å². The molecule has 1 amide bonds. The molecule has 0 fully saturated rings. The Morgan fingerprint density at radius 1 is 1.44 bits per heavy atom. The Labute approximate surface area is 109 Å². The van der Waals surface area contributed by atoms with Gasteiger partial charge in [-0.1, -0.05) is 17.7 Å². The van der Waals surface area contributed by atoms with Crippen molar-refractivity contribution in [2.24, 2.45) is 11.5 Å². The first-order valence-corrected chi connectivity index (χ1v) is 5.77. The molecule has 2 aromatic rings. The summed E-state index contributed by atoms with van der Waals surface area (Å²) in [5.74, 6) is -0.572. The monoisotopic (exact) mass is 264 g/mol. The number of hydrogen-bond acceptors (Lipinski definition) is 3. The van der Waals surface area contributed by atoms with Crippen LogP contribution in [0.25, 0.3) is 5.69 Å². The molecule has 0 aliphatic heterocycles. The summed E-state index contributed by atoms with van der Waals surface area (Å²) < 4.78 is 1.51. The fraction of sp³-hybridized carbons (Fsp3) is 0.167. The van der Waals surface area contributed by atoms with Gasteiger partial charge in [0.1, 0.15) is 5.69 Å². The van der Waals surface area contributed by atoms with Gasteiger partial charge in [-0.3, -0.25) is 4.79 Å². The number of carbonyl (C=O) groups excluding carboxylic acids is 1. The molecule has 6 heteroatoms. The van der Waals surface area contributed by atoms with Crippen LogP contribution in [-0.4, -0.2) is 15.7 Å². The van der Waals surface area contributed by atoms with Gasteiger partial charge in [-0.15, -0.1) is 0 Å². The lowest BCUT2D eigenvalue weighted by molar-refractivity contribution is 0.0995. The van der Waals surface area contributed by atoms with E-state index < -0.39 is 5.91 Å². The lowest BCUT2D eigenvalue weighted by Crippen LogP contribution is -2.12. The molecule has 0 radical (unpaired) electrons. The molecule has 0 saturated heterocycles. The fourth-order valence-corrected chi connectivity index (χ4v) is 1.86. The molecule has 0 saturated carbocycles. The summed E-state index contributed by atoms with van der Waals surface area (Å²) in [6.07, 6.45) is 1.63. The van der Waals surface area contributed by atoms with Crippen LogP contribution < -0.4 is 11.5 Å². The molecule has 0 spiro atoms. The summed E-state index contributed by atoms with van der Waals surface area (Å²) in [5, 5.41) is 4.56. The number of carbonyl (C=O) groups is 1. The second-order valence-corrected chi connectivity index (χ2v) is 4.42. The number of nitrogens with zero attached hydrogens (tertiary/aromatic N) is 2. The summed E-state index contributed by atoms with van der Waals surface area (Å²) >= 11 is 6.16. The summed E-state index contributed by atoms with van der Waals surface area (Å²) in [5.41, 5.74) is 12.7. The van der Waals surface area contributed by atoms with Gasteiger partial charge in [0.25, 0.3) is 5.91 Å². The number of aromatic nitrogens is 2. The van der Waals surface area contributed by atoms with Crippen LogP contribution in [0.15, 0.2) is 30.5 Å². The highest BCUT2D eigenvalue weighted by molar-refractivity contribution is 6.32. The molecule has 1 unspecified atom stereocenters. The van der Waals surface area contributed by atoms with Gasteiger partial charge < -0.3 is 11.5 Å². The SMILES string of the molecule is CC(N)c1ccc(-n2ccc(C(N)=O)n2)c(Cl)c1. The molecule has 0 aliphatic carbocycles. The minimum absolute atomic E-state index is 0.0876. The average molecular weight is 265 g/mol. The van der Waals surface area contributed by atoms with Crippen molar-refractivity contribution < 1.29 is 4.79 Å². The van der Waals surface area contributed by atoms with Gasteiger partial charge in [0, 0.05) is 12.2 Å². The van der Waals surface area contributed by atoms with Gasteiger partial charge >= 0.3 is 0 Å². The minimum atomic E-state index is -0.572. The molecule has 94 valence electrons. The first-order valence-electron chi connectivity index (χ1n) is 5.40. The maximum Gasteiger partial charge on any atom is 0.269 e. The summed E-state index contributed by atoms with van der Waals surface area (Å²) in [6, 6.07) is 6.91. The molecule has 1 aromatic carbocycles. The van der Waals surface area contributed by atoms with Gasteiger partial charge in [-0.05, 0) is 30.7 Å². The predicted octanol–water partition coefficient (Wildman–Crippen LogP) is 1.64. The van der Waals surface area contributed by atoms with Gasteiger partial charge in [-0.25, -0.2) is 4.68 Å². The lowest BCUT2D eigenvalue weighted by Gasteiger charge is -2.09. The number of amides is 1. The highest BCUT2D eigenvalue weighted by Gasteiger charge is 2.10. The zero-order valence-electron chi connectivity index (χ0n) is 9.80. The molecule has 1 aromatic heterocycles. The highest BCUT2D eigenvalue weighted by atomic mass is 35.5. The zero-order chi connectivity index (χ0) is 13.3. The summed E-state index contributed by atoms with van der Waals surface area (Å²) in [7, 11) is 0. The number of benzene rings is 1. The van der Waals surface area contributed by atoms with Crippen molar-refractivity contribution in [1.29, 1.82) is 0 Å². The largest absolute Gasteiger partial charge is 0.364 e. The van der Waals surface area contributed by atoms with E-state index in [2.05, 4.69) is 5.10 Å². The van der Waals surface area contributed by atoms with Crippen LogP contribution in [-0.2, 0) is 0 Å². The second-order valence-electron chi connectivity index (χ2n) is 4.01. The Kier molecular flexibility index (Phi) is 3.36. The lowest BCUT2D eigenvalue weighted by atomic mass is 10.1. The van der Waals surface area contributed by atoms with Crippen LogP contribution in [0.4, 0.5) is 0 Å². The summed E-state index contributed by atoms with van der Waals surface area (Å²) in [4.78, 5) is 11.0. The quantitative estimate of drug-likeness (QED) is 0.884. The normalized spacial score (nSPS) is 12.4. The van der Waals surface area contributed by atoms with Crippen molar-refractivity contribution in [3.63, 3.8) is 0 Å². The number of primary amides is 1. The molecular formula is C12H13ClN4O. The fourth-order valence-electron chi connectivity index (χ4n) is 1.58. The van der Waals surface area contributed by atoms with E-state index in [9.17, 15) is 4.79 Å². The summed E-state index contributed by atoms with van der Waals surface area (Å²) in [6.45, 7) is 1.88. The van der Waals surface area contributed by atoms with E-state index >= 15 is 0 Å². The third kappa shape index (κ3) is 2.37. The molecule has 0 bridgehead atoms. The van der Waals surface area contributed by atoms with E-state index in [4.69, 9.17) is 23.1 Å². The van der Waals surface area contributed by atoms with E-state index in [0.29, 0.717) is 10.7 Å². The number of hydrogen-bond donors (Lipinski definition) is 2. The van der Waals surface area contributed by atoms with E-state index in [-0.39, 0.29) is 11.7 Å². The molecule has 5 nitrogen and oxygen atoms in total. The van der Waals surface area contributed by atoms with Crippen LogP contribution in [0.5, 0.6) is 0 Å². The van der Waals surface area contributed by atoms with Crippen molar-refractivity contribution in [3.05, 3.63) is 46.7 Å². The van der Waals surface area contributed by atoms with E-state index in [1.165, 1.54) is 10.7 Å². The van der Waals surface area contributed by atoms with E-state index in [0.717, 1.165) is 5.56 Å². The van der Waals surface area contributed by atoms with Gasteiger partial charge in [0.15, 0.2) is 0 Å². The Morgan fingerprint density at radius 2 is 2.17 bits per heavy atom. The Balaban J connectivity index is 2.41. The first kappa shape index (κ1) is 12.6. The van der Waals surface area contributed by atoms with Crippen molar-refractivity contribution >= 4 is 17.5 Å². The zero-order valence-corrected chi connectivity index (χ0v) is 10.6. The Morgan fingerprint density at radius 3 is 2.67 bits per heavy atom. The average Bonchev–Trinajstić information content (AvgIpc) is 2.78. The number of halogens is 1. The van der Waals surface area contributed by atoms with E-state index in [1.807, 2.05) is 13.0 Å². The first-order chi connectivity index (χ1) is 8.49. The van der Waals surface area contributed by atoms with Gasteiger partial charge in [0.2, 0.25) is 0 Å². The van der Waals surface area contributed by atoms with E-state index in [1.54, 1.807) is 18.3 Å². The van der Waals surface area contributed by atoms with Crippen LogP contribution in [0, 0.1) is 0 Å². The van der Waals surface area contributed by atoms with Crippen molar-refractivity contribution in [2.75, 3.05) is 0 Å². The third-order valence-electron chi connectivity index (χ3n) is 2.59. The number of nitrogens with two attached hydrogens (primary N) is 2. The maximum absolute atomic E-state index is 11.0. The highest BCUT2D eigenvalue weighted by Crippen LogP contribution is 2.23. The van der Waals surface area contributed by atoms with Crippen LogP contribution in [0.1, 0.15) is 29.0 Å². The van der Waals surface area contributed by atoms with Gasteiger partial charge in [-0.2, -0.15) is 5.10 Å². The van der Waals surface area contributed by atoms with Gasteiger partial charge in [0.05, 0.1) is 10.7 Å². The van der Waals surface area contributed by atoms with Crippen molar-refractivity contribution in [1.82, 2.24) is 9.78 Å². The smallest absolute Gasteiger partial charge is 0.269 e. The minimum Gasteiger partial charge on any atom is -0.364 e. The standard InChI is InChI=1S/C12H13ClN4O/c1-7(14)8-2-3-11(9(13)6-8)17-5-4-10(16-17)12(15)18/h2-7H,14H2,1H3,(H2,15,18). The second kappa shape index (κ2) is 4.80. The predicted molar refractivity (Wildman–Crippen MR) is 69.7 cm³/mol. The third-order valence-corrected chi connectivity index (χ3v) is 2.89. The number of rotatable bonds is 3. The molecule has 4 N–H and O–H groups in total. The molecular weight excluding hydrogens is 252 g/mol. The molecule has 18 heavy (non-hydrogen) atoms. The van der Waals surface area contributed by atoms with Crippen LogP contribution >= 0.6 is 11.6 Å². The molecule has 0 aliphatic rings. The van der Waals surface area contributed by atoms with Crippen LogP contribution in [0.3, 0.4) is 0 Å². The topological polar surface area (TPSA) is 86.9 Å². The van der Waals surface area contributed by atoms with Crippen LogP contribution in [0.2, 0.25) is 5.02 Å². The van der Waals surface area contributed by atoms with Crippen molar-refractivity contribution in [3.8, 4) is 5.69 Å².